The van der Waals surface area contributed by atoms with Crippen LogP contribution in [0, 0.1) is 0 Å². The lowest BCUT2D eigenvalue weighted by atomic mass is 9.70. The highest BCUT2D eigenvalue weighted by atomic mass is 16.5. The lowest BCUT2D eigenvalue weighted by Crippen LogP contribution is -2.25. The molecule has 4 heteroatoms. The van der Waals surface area contributed by atoms with Gasteiger partial charge in [-0.05, 0) is 116 Å². The molecule has 0 saturated carbocycles. The van der Waals surface area contributed by atoms with Crippen LogP contribution in [0.3, 0.4) is 0 Å². The van der Waals surface area contributed by atoms with E-state index in [1.807, 2.05) is 24.3 Å². The van der Waals surface area contributed by atoms with Crippen LogP contribution in [0.2, 0.25) is 0 Å². The summed E-state index contributed by atoms with van der Waals surface area (Å²) in [5, 5.41) is 0. The first-order valence-electron chi connectivity index (χ1n) is 22.5. The standard InChI is InChI=1S/C57H62O4/c1-5-9-11-13-35-57(36-14-12-10-6-2)55-41-49(47-19-15-43(16-20-47)45-23-29-51(30-24-45)60-39-37-58-7-3)27-33-53(55)54-34-28-50(42-56(54)57)48-21-17-44(18-22-48)46-25-31-52(32-26-46)61-40-38-59-8-4/h7-8,15-34,41-42H,3-6,9-14,35-40H2,1-2H3. The van der Waals surface area contributed by atoms with E-state index in [2.05, 4.69) is 136 Å². The van der Waals surface area contributed by atoms with E-state index in [1.54, 1.807) is 0 Å². The third-order valence-corrected chi connectivity index (χ3v) is 12.3. The normalized spacial score (nSPS) is 12.3. The van der Waals surface area contributed by atoms with Crippen LogP contribution in [0.5, 0.6) is 11.5 Å². The Morgan fingerprint density at radius 2 is 0.721 bits per heavy atom. The van der Waals surface area contributed by atoms with Crippen LogP contribution in [0.25, 0.3) is 55.6 Å². The topological polar surface area (TPSA) is 36.9 Å². The van der Waals surface area contributed by atoms with Crippen molar-refractivity contribution in [2.24, 2.45) is 0 Å². The van der Waals surface area contributed by atoms with Gasteiger partial charge in [0.05, 0.1) is 12.5 Å². The molecule has 0 atom stereocenters. The van der Waals surface area contributed by atoms with Crippen LogP contribution in [0.1, 0.15) is 89.2 Å². The number of unbranched alkanes of at least 4 members (excludes halogenated alkanes) is 6. The molecule has 4 nitrogen and oxygen atoms in total. The van der Waals surface area contributed by atoms with Gasteiger partial charge < -0.3 is 18.9 Å². The van der Waals surface area contributed by atoms with Crippen LogP contribution >= 0.6 is 0 Å². The molecule has 0 unspecified atom stereocenters. The van der Waals surface area contributed by atoms with Crippen LogP contribution in [0.4, 0.5) is 0 Å². The summed E-state index contributed by atoms with van der Waals surface area (Å²) in [7, 11) is 0. The second-order valence-corrected chi connectivity index (χ2v) is 16.2. The number of hydrogen-bond acceptors (Lipinski definition) is 4. The van der Waals surface area contributed by atoms with E-state index in [1.165, 1.54) is 143 Å². The molecule has 0 bridgehead atoms. The van der Waals surface area contributed by atoms with Crippen molar-refractivity contribution in [3.05, 3.63) is 170 Å². The fraction of sp³-hybridized carbons (Fsp3) is 0.298. The Labute approximate surface area is 364 Å². The molecule has 0 spiro atoms. The average Bonchev–Trinajstić information content (AvgIpc) is 3.58. The van der Waals surface area contributed by atoms with Crippen LogP contribution < -0.4 is 9.47 Å². The van der Waals surface area contributed by atoms with Gasteiger partial charge in [0.2, 0.25) is 0 Å². The fourth-order valence-electron chi connectivity index (χ4n) is 9.00. The Balaban J connectivity index is 1.17. The minimum absolute atomic E-state index is 0.0265. The molecule has 0 saturated heterocycles. The van der Waals surface area contributed by atoms with Gasteiger partial charge in [-0.3, -0.25) is 0 Å². The predicted molar refractivity (Wildman–Crippen MR) is 255 cm³/mol. The number of fused-ring (bicyclic) bond motifs is 3. The lowest BCUT2D eigenvalue weighted by Gasteiger charge is -2.33. The molecule has 0 radical (unpaired) electrons. The van der Waals surface area contributed by atoms with E-state index in [4.69, 9.17) is 18.9 Å². The van der Waals surface area contributed by atoms with E-state index in [0.29, 0.717) is 26.4 Å². The van der Waals surface area contributed by atoms with Crippen molar-refractivity contribution in [2.45, 2.75) is 83.5 Å². The summed E-state index contributed by atoms with van der Waals surface area (Å²) in [5.41, 5.74) is 15.6. The molecule has 0 aromatic heterocycles. The Bertz CT molecular complexity index is 2140. The SMILES string of the molecule is C=COCCOc1ccc(-c2ccc(-c3ccc4c(c3)C(CCCCCC)(CCCCCC)c3cc(-c5ccc(-c6ccc(OCCOC=C)cc6)cc5)ccc3-4)cc2)cc1. The maximum absolute atomic E-state index is 5.81. The monoisotopic (exact) mass is 810 g/mol. The van der Waals surface area contributed by atoms with Crippen molar-refractivity contribution in [1.29, 1.82) is 0 Å². The summed E-state index contributed by atoms with van der Waals surface area (Å²) in [5.74, 6) is 1.67. The van der Waals surface area contributed by atoms with E-state index in [0.717, 1.165) is 11.5 Å². The van der Waals surface area contributed by atoms with Gasteiger partial charge in [0.1, 0.15) is 37.9 Å². The molecular formula is C57H62O4. The van der Waals surface area contributed by atoms with Gasteiger partial charge in [0, 0.05) is 5.41 Å². The molecule has 0 fully saturated rings. The highest BCUT2D eigenvalue weighted by Gasteiger charge is 2.42. The fourth-order valence-corrected chi connectivity index (χ4v) is 9.00. The first-order valence-corrected chi connectivity index (χ1v) is 22.5. The lowest BCUT2D eigenvalue weighted by molar-refractivity contribution is 0.179. The summed E-state index contributed by atoms with van der Waals surface area (Å²) in [4.78, 5) is 0. The molecule has 1 aliphatic rings. The van der Waals surface area contributed by atoms with Gasteiger partial charge >= 0.3 is 0 Å². The molecular weight excluding hydrogens is 749 g/mol. The van der Waals surface area contributed by atoms with Crippen molar-refractivity contribution >= 4 is 0 Å². The quantitative estimate of drug-likeness (QED) is 0.0451. The maximum Gasteiger partial charge on any atom is 0.122 e. The van der Waals surface area contributed by atoms with E-state index in [-0.39, 0.29) is 5.41 Å². The molecule has 6 aromatic carbocycles. The third-order valence-electron chi connectivity index (χ3n) is 12.3. The third kappa shape index (κ3) is 10.5. The van der Waals surface area contributed by atoms with Crippen molar-refractivity contribution in [3.8, 4) is 67.1 Å². The van der Waals surface area contributed by atoms with Crippen molar-refractivity contribution in [2.75, 3.05) is 26.4 Å². The molecule has 0 N–H and O–H groups in total. The molecule has 0 aliphatic heterocycles. The smallest absolute Gasteiger partial charge is 0.122 e. The molecule has 314 valence electrons. The molecule has 0 amide bonds. The molecule has 61 heavy (non-hydrogen) atoms. The van der Waals surface area contributed by atoms with Gasteiger partial charge in [0.15, 0.2) is 0 Å². The number of ether oxygens (including phenoxy) is 4. The zero-order valence-corrected chi connectivity index (χ0v) is 36.3. The highest BCUT2D eigenvalue weighted by Crippen LogP contribution is 2.56. The first-order chi connectivity index (χ1) is 30.1. The Kier molecular flexibility index (Phi) is 15.2. The minimum Gasteiger partial charge on any atom is -0.498 e. The summed E-state index contributed by atoms with van der Waals surface area (Å²) < 4.78 is 22.0. The van der Waals surface area contributed by atoms with Gasteiger partial charge in [-0.25, -0.2) is 0 Å². The van der Waals surface area contributed by atoms with Crippen molar-refractivity contribution < 1.29 is 18.9 Å². The number of rotatable bonds is 24. The second-order valence-electron chi connectivity index (χ2n) is 16.2. The van der Waals surface area contributed by atoms with E-state index < -0.39 is 0 Å². The van der Waals surface area contributed by atoms with Gasteiger partial charge in [-0.15, -0.1) is 0 Å². The Hall–Kier alpha value is -6.00. The molecule has 7 rings (SSSR count). The van der Waals surface area contributed by atoms with Gasteiger partial charge in [0.25, 0.3) is 0 Å². The zero-order valence-electron chi connectivity index (χ0n) is 36.3. The van der Waals surface area contributed by atoms with Crippen molar-refractivity contribution in [3.63, 3.8) is 0 Å². The van der Waals surface area contributed by atoms with Gasteiger partial charge in [-0.1, -0.05) is 175 Å². The molecule has 6 aromatic rings. The number of hydrogen-bond donors (Lipinski definition) is 0. The largest absolute Gasteiger partial charge is 0.498 e. The number of benzene rings is 6. The average molecular weight is 811 g/mol. The Morgan fingerprint density at radius 1 is 0.393 bits per heavy atom. The van der Waals surface area contributed by atoms with Crippen LogP contribution in [0.15, 0.2) is 159 Å². The van der Waals surface area contributed by atoms with Crippen LogP contribution in [-0.4, -0.2) is 26.4 Å². The predicted octanol–water partition coefficient (Wildman–Crippen LogP) is 15.6. The summed E-state index contributed by atoms with van der Waals surface area (Å²) >= 11 is 0. The summed E-state index contributed by atoms with van der Waals surface area (Å²) in [6, 6.07) is 49.3. The first kappa shape index (κ1) is 43.1. The van der Waals surface area contributed by atoms with E-state index in [9.17, 15) is 0 Å². The second kappa shape index (κ2) is 21.5. The van der Waals surface area contributed by atoms with Crippen LogP contribution in [-0.2, 0) is 14.9 Å². The Morgan fingerprint density at radius 3 is 1.07 bits per heavy atom. The van der Waals surface area contributed by atoms with E-state index >= 15 is 0 Å². The summed E-state index contributed by atoms with van der Waals surface area (Å²) in [6.45, 7) is 13.7. The summed E-state index contributed by atoms with van der Waals surface area (Å²) in [6.07, 6.45) is 15.3. The highest BCUT2D eigenvalue weighted by molar-refractivity contribution is 5.86. The minimum atomic E-state index is -0.0265. The molecule has 0 heterocycles. The zero-order chi connectivity index (χ0) is 42.3. The van der Waals surface area contributed by atoms with Gasteiger partial charge in [-0.2, -0.15) is 0 Å². The molecule has 1 aliphatic carbocycles. The maximum atomic E-state index is 5.81. The van der Waals surface area contributed by atoms with Crippen molar-refractivity contribution in [1.82, 2.24) is 0 Å².